The largest absolute Gasteiger partial charge is 0.145 e. The van der Waals surface area contributed by atoms with E-state index in [0.29, 0.717) is 0 Å². The van der Waals surface area contributed by atoms with Crippen LogP contribution in [-0.4, -0.2) is 0 Å². The van der Waals surface area contributed by atoms with Crippen LogP contribution in [0.5, 0.6) is 0 Å². The lowest BCUT2D eigenvalue weighted by atomic mass is 10.1. The second-order valence-electron chi connectivity index (χ2n) is 3.04. The average molecular weight is 152 g/mol. The van der Waals surface area contributed by atoms with Crippen molar-refractivity contribution in [2.24, 2.45) is 0 Å². The van der Waals surface area contributed by atoms with Crippen LogP contribution >= 0.6 is 11.3 Å². The maximum absolute atomic E-state index is 2.26. The second-order valence-corrected chi connectivity index (χ2v) is 4.35. The average Bonchev–Trinajstić information content (AvgIpc) is 2.41. The maximum Gasteiger partial charge on any atom is 0.00829 e. The lowest BCUT2D eigenvalue weighted by Crippen LogP contribution is -1.78. The van der Waals surface area contributed by atoms with E-state index in [4.69, 9.17) is 0 Å². The molecule has 1 heterocycles. The van der Waals surface area contributed by atoms with Crippen molar-refractivity contribution in [1.82, 2.24) is 0 Å². The highest BCUT2D eigenvalue weighted by Crippen LogP contribution is 2.33. The molecule has 0 amide bonds. The summed E-state index contributed by atoms with van der Waals surface area (Å²) in [7, 11) is 0. The minimum atomic E-state index is 1.34. The quantitative estimate of drug-likeness (QED) is 0.536. The Labute approximate surface area is 65.9 Å². The zero-order valence-electron chi connectivity index (χ0n) is 6.53. The first-order valence-corrected chi connectivity index (χ1v) is 4.68. The lowest BCUT2D eigenvalue weighted by Gasteiger charge is -1.91. The zero-order valence-corrected chi connectivity index (χ0v) is 7.35. The van der Waals surface area contributed by atoms with Crippen molar-refractivity contribution >= 4 is 11.3 Å². The van der Waals surface area contributed by atoms with E-state index in [2.05, 4.69) is 13.8 Å². The predicted octanol–water partition coefficient (Wildman–Crippen LogP) is 2.85. The van der Waals surface area contributed by atoms with Crippen LogP contribution in [0, 0.1) is 13.8 Å². The van der Waals surface area contributed by atoms with Crippen LogP contribution < -0.4 is 0 Å². The smallest absolute Gasteiger partial charge is 0.00829 e. The molecule has 1 heteroatoms. The van der Waals surface area contributed by atoms with Crippen LogP contribution in [0.15, 0.2) is 0 Å². The molecule has 0 aliphatic heterocycles. The third-order valence-corrected chi connectivity index (χ3v) is 3.73. The standard InChI is InChI=1S/C9H12S/c1-6-7(2)10-9-5-3-4-8(6)9/h3-5H2,1-2H3. The first-order chi connectivity index (χ1) is 4.79. The molecule has 0 bridgehead atoms. The van der Waals surface area contributed by atoms with E-state index in [1.807, 2.05) is 11.3 Å². The summed E-state index contributed by atoms with van der Waals surface area (Å²) < 4.78 is 0. The molecule has 0 saturated carbocycles. The molecule has 0 spiro atoms. The third kappa shape index (κ3) is 0.734. The fourth-order valence-electron chi connectivity index (χ4n) is 1.70. The molecule has 1 aromatic rings. The van der Waals surface area contributed by atoms with Crippen molar-refractivity contribution in [2.45, 2.75) is 33.1 Å². The predicted molar refractivity (Wildman–Crippen MR) is 45.8 cm³/mol. The van der Waals surface area contributed by atoms with Gasteiger partial charge in [0.2, 0.25) is 0 Å². The summed E-state index contributed by atoms with van der Waals surface area (Å²) in [6, 6.07) is 0. The van der Waals surface area contributed by atoms with Gasteiger partial charge in [-0.1, -0.05) is 0 Å². The molecule has 2 rings (SSSR count). The van der Waals surface area contributed by atoms with Crippen molar-refractivity contribution in [3.8, 4) is 0 Å². The van der Waals surface area contributed by atoms with Gasteiger partial charge in [0.05, 0.1) is 0 Å². The Balaban J connectivity index is 2.59. The molecule has 1 aromatic heterocycles. The van der Waals surface area contributed by atoms with E-state index in [0.717, 1.165) is 0 Å². The number of thiophene rings is 1. The summed E-state index contributed by atoms with van der Waals surface area (Å²) >= 11 is 2.00. The second kappa shape index (κ2) is 2.09. The first-order valence-electron chi connectivity index (χ1n) is 3.87. The van der Waals surface area contributed by atoms with Crippen LogP contribution in [0.3, 0.4) is 0 Å². The van der Waals surface area contributed by atoms with Gasteiger partial charge in [-0.2, -0.15) is 0 Å². The van der Waals surface area contributed by atoms with Gasteiger partial charge < -0.3 is 0 Å². The monoisotopic (exact) mass is 152 g/mol. The fourth-order valence-corrected chi connectivity index (χ4v) is 2.97. The van der Waals surface area contributed by atoms with Gasteiger partial charge in [-0.15, -0.1) is 11.3 Å². The molecule has 0 nitrogen and oxygen atoms in total. The molecule has 0 N–H and O–H groups in total. The lowest BCUT2D eigenvalue weighted by molar-refractivity contribution is 0.910. The number of rotatable bonds is 0. The molecule has 0 unspecified atom stereocenters. The highest BCUT2D eigenvalue weighted by Gasteiger charge is 2.16. The zero-order chi connectivity index (χ0) is 7.14. The molecule has 0 aromatic carbocycles. The molecule has 1 aliphatic rings. The van der Waals surface area contributed by atoms with E-state index >= 15 is 0 Å². The Morgan fingerprint density at radius 1 is 1.20 bits per heavy atom. The fraction of sp³-hybridized carbons (Fsp3) is 0.556. The van der Waals surface area contributed by atoms with Gasteiger partial charge in [-0.3, -0.25) is 0 Å². The van der Waals surface area contributed by atoms with Crippen molar-refractivity contribution < 1.29 is 0 Å². The van der Waals surface area contributed by atoms with Gasteiger partial charge in [-0.05, 0) is 44.2 Å². The van der Waals surface area contributed by atoms with Crippen LogP contribution in [0.4, 0.5) is 0 Å². The van der Waals surface area contributed by atoms with E-state index in [1.165, 1.54) is 24.1 Å². The van der Waals surface area contributed by atoms with E-state index in [-0.39, 0.29) is 0 Å². The molecular weight excluding hydrogens is 140 g/mol. The number of hydrogen-bond acceptors (Lipinski definition) is 1. The molecule has 0 radical (unpaired) electrons. The number of fused-ring (bicyclic) bond motifs is 1. The van der Waals surface area contributed by atoms with Gasteiger partial charge in [0.15, 0.2) is 0 Å². The molecule has 54 valence electrons. The van der Waals surface area contributed by atoms with Gasteiger partial charge in [0.1, 0.15) is 0 Å². The van der Waals surface area contributed by atoms with Gasteiger partial charge in [-0.25, -0.2) is 0 Å². The Hall–Kier alpha value is -0.300. The van der Waals surface area contributed by atoms with Crippen LogP contribution in [-0.2, 0) is 12.8 Å². The molecule has 1 aliphatic carbocycles. The normalized spacial score (nSPS) is 15.8. The summed E-state index contributed by atoms with van der Waals surface area (Å²) in [6.07, 6.45) is 4.07. The molecule has 0 atom stereocenters. The number of hydrogen-bond donors (Lipinski definition) is 0. The molecular formula is C9H12S. The summed E-state index contributed by atoms with van der Waals surface area (Å²) in [6.45, 7) is 4.49. The Kier molecular flexibility index (Phi) is 1.34. The van der Waals surface area contributed by atoms with Crippen LogP contribution in [0.1, 0.15) is 27.3 Å². The molecule has 10 heavy (non-hydrogen) atoms. The minimum absolute atomic E-state index is 1.34. The maximum atomic E-state index is 2.26. The summed E-state index contributed by atoms with van der Waals surface area (Å²) in [5.74, 6) is 0. The minimum Gasteiger partial charge on any atom is -0.145 e. The molecule has 0 fully saturated rings. The van der Waals surface area contributed by atoms with Crippen molar-refractivity contribution in [3.05, 3.63) is 20.9 Å². The summed E-state index contributed by atoms with van der Waals surface area (Å²) in [5.41, 5.74) is 3.24. The van der Waals surface area contributed by atoms with Gasteiger partial charge in [0.25, 0.3) is 0 Å². The van der Waals surface area contributed by atoms with Crippen molar-refractivity contribution in [2.75, 3.05) is 0 Å². The molecule has 0 saturated heterocycles. The summed E-state index contributed by atoms with van der Waals surface area (Å²) in [4.78, 5) is 3.19. The van der Waals surface area contributed by atoms with Crippen LogP contribution in [0.25, 0.3) is 0 Å². The van der Waals surface area contributed by atoms with Crippen molar-refractivity contribution in [3.63, 3.8) is 0 Å². The Morgan fingerprint density at radius 3 is 2.70 bits per heavy atom. The van der Waals surface area contributed by atoms with Crippen LogP contribution in [0.2, 0.25) is 0 Å². The van der Waals surface area contributed by atoms with Gasteiger partial charge in [0, 0.05) is 9.75 Å². The van der Waals surface area contributed by atoms with Gasteiger partial charge >= 0.3 is 0 Å². The first kappa shape index (κ1) is 6.41. The SMILES string of the molecule is Cc1sc2c(c1C)CCC2. The Morgan fingerprint density at radius 2 is 2.00 bits per heavy atom. The number of aryl methyl sites for hydroxylation is 2. The van der Waals surface area contributed by atoms with Crippen molar-refractivity contribution in [1.29, 1.82) is 0 Å². The van der Waals surface area contributed by atoms with E-state index in [9.17, 15) is 0 Å². The topological polar surface area (TPSA) is 0 Å². The third-order valence-electron chi connectivity index (χ3n) is 2.42. The van der Waals surface area contributed by atoms with E-state index in [1.54, 1.807) is 16.0 Å². The highest BCUT2D eigenvalue weighted by atomic mass is 32.1. The highest BCUT2D eigenvalue weighted by molar-refractivity contribution is 7.12. The summed E-state index contributed by atoms with van der Waals surface area (Å²) in [5, 5.41) is 0. The van der Waals surface area contributed by atoms with E-state index < -0.39 is 0 Å². The Bertz CT molecular complexity index is 258.